The van der Waals surface area contributed by atoms with E-state index < -0.39 is 0 Å². The summed E-state index contributed by atoms with van der Waals surface area (Å²) in [5.41, 5.74) is 5.31. The number of benzene rings is 1. The average Bonchev–Trinajstić information content (AvgIpc) is 2.91. The number of carbonyl (C=O) groups is 1. The molecule has 0 atom stereocenters. The second kappa shape index (κ2) is 8.12. The highest BCUT2D eigenvalue weighted by atomic mass is 35.5. The molecule has 0 radical (unpaired) electrons. The molecule has 132 valence electrons. The van der Waals surface area contributed by atoms with Crippen molar-refractivity contribution in [2.45, 2.75) is 13.5 Å². The van der Waals surface area contributed by atoms with Crippen LogP contribution in [0.25, 0.3) is 0 Å². The fourth-order valence-electron chi connectivity index (χ4n) is 2.30. The maximum absolute atomic E-state index is 12.0. The number of rotatable bonds is 5. The summed E-state index contributed by atoms with van der Waals surface area (Å²) in [6.07, 6.45) is 4.57. The lowest BCUT2D eigenvalue weighted by atomic mass is 10.2. The number of amides is 1. The van der Waals surface area contributed by atoms with Crippen molar-refractivity contribution in [2.24, 2.45) is 5.10 Å². The highest BCUT2D eigenvalue weighted by molar-refractivity contribution is 6.32. The molecule has 26 heavy (non-hydrogen) atoms. The van der Waals surface area contributed by atoms with E-state index in [2.05, 4.69) is 20.6 Å². The number of hydrazone groups is 1. The Morgan fingerprint density at radius 2 is 1.88 bits per heavy atom. The lowest BCUT2D eigenvalue weighted by molar-refractivity contribution is 0.0955. The van der Waals surface area contributed by atoms with Gasteiger partial charge in [-0.15, -0.1) is 0 Å². The highest BCUT2D eigenvalue weighted by Crippen LogP contribution is 2.20. The molecule has 0 aliphatic heterocycles. The maximum atomic E-state index is 12.0. The first-order chi connectivity index (χ1) is 12.5. The van der Waals surface area contributed by atoms with Gasteiger partial charge in [0.25, 0.3) is 5.91 Å². The van der Waals surface area contributed by atoms with E-state index in [9.17, 15) is 4.79 Å². The molecular weight excluding hydrogens is 373 g/mol. The second-order valence-corrected chi connectivity index (χ2v) is 6.30. The van der Waals surface area contributed by atoms with E-state index in [-0.39, 0.29) is 5.91 Å². The summed E-state index contributed by atoms with van der Waals surface area (Å²) >= 11 is 12.3. The van der Waals surface area contributed by atoms with E-state index in [0.29, 0.717) is 33.5 Å². The molecule has 0 unspecified atom stereocenters. The lowest BCUT2D eigenvalue weighted by Crippen LogP contribution is -2.17. The number of nitrogens with one attached hydrogen (secondary N) is 1. The van der Waals surface area contributed by atoms with E-state index in [1.54, 1.807) is 29.2 Å². The van der Waals surface area contributed by atoms with Crippen molar-refractivity contribution in [1.82, 2.24) is 20.2 Å². The van der Waals surface area contributed by atoms with Crippen LogP contribution in [0.3, 0.4) is 0 Å². The van der Waals surface area contributed by atoms with Gasteiger partial charge in [0.2, 0.25) is 0 Å². The first kappa shape index (κ1) is 18.1. The minimum atomic E-state index is -0.328. The highest BCUT2D eigenvalue weighted by Gasteiger charge is 2.12. The van der Waals surface area contributed by atoms with Gasteiger partial charge in [0.15, 0.2) is 0 Å². The summed E-state index contributed by atoms with van der Waals surface area (Å²) in [6, 6.07) is 10.7. The number of nitrogens with zero attached hydrogens (tertiary/aromatic N) is 4. The minimum absolute atomic E-state index is 0.328. The molecule has 3 aromatic rings. The van der Waals surface area contributed by atoms with Gasteiger partial charge in [-0.1, -0.05) is 35.3 Å². The van der Waals surface area contributed by atoms with Crippen molar-refractivity contribution in [3.63, 3.8) is 0 Å². The number of aromatic nitrogens is 3. The fraction of sp³-hybridized carbons (Fsp3) is 0.111. The molecule has 2 heterocycles. The molecule has 6 nitrogen and oxygen atoms in total. The zero-order valence-electron chi connectivity index (χ0n) is 13.9. The molecule has 1 aromatic carbocycles. The van der Waals surface area contributed by atoms with Crippen LogP contribution in [0.2, 0.25) is 10.2 Å². The molecule has 3 rings (SSSR count). The Morgan fingerprint density at radius 3 is 2.58 bits per heavy atom. The summed E-state index contributed by atoms with van der Waals surface area (Å²) in [4.78, 5) is 15.8. The summed E-state index contributed by atoms with van der Waals surface area (Å²) in [6.45, 7) is 2.34. The molecule has 0 aliphatic carbocycles. The van der Waals surface area contributed by atoms with E-state index in [0.717, 1.165) is 5.56 Å². The number of halogens is 2. The molecule has 0 saturated carbocycles. The molecule has 0 saturated heterocycles. The average molecular weight is 388 g/mol. The maximum Gasteiger partial charge on any atom is 0.271 e. The SMILES string of the molecule is Cc1nn(Cc2ccc(Cl)cc2)c(Cl)c1C=NNC(=O)c1ccncc1. The zero-order chi connectivity index (χ0) is 18.5. The van der Waals surface area contributed by atoms with Crippen molar-refractivity contribution in [1.29, 1.82) is 0 Å². The number of hydrogen-bond donors (Lipinski definition) is 1. The smallest absolute Gasteiger partial charge is 0.267 e. The molecule has 2 aromatic heterocycles. The van der Waals surface area contributed by atoms with Gasteiger partial charge in [-0.05, 0) is 36.8 Å². The Morgan fingerprint density at radius 1 is 1.19 bits per heavy atom. The van der Waals surface area contributed by atoms with Crippen LogP contribution in [0, 0.1) is 6.92 Å². The van der Waals surface area contributed by atoms with Gasteiger partial charge >= 0.3 is 0 Å². The van der Waals surface area contributed by atoms with Gasteiger partial charge in [0.1, 0.15) is 5.15 Å². The Balaban J connectivity index is 1.71. The van der Waals surface area contributed by atoms with Crippen molar-refractivity contribution in [3.8, 4) is 0 Å². The number of hydrogen-bond acceptors (Lipinski definition) is 4. The van der Waals surface area contributed by atoms with Gasteiger partial charge < -0.3 is 0 Å². The molecule has 0 bridgehead atoms. The Kier molecular flexibility index (Phi) is 5.65. The van der Waals surface area contributed by atoms with E-state index in [1.807, 2.05) is 31.2 Å². The quantitative estimate of drug-likeness (QED) is 0.535. The third kappa shape index (κ3) is 4.28. The summed E-state index contributed by atoms with van der Waals surface area (Å²) in [5, 5.41) is 9.51. The van der Waals surface area contributed by atoms with E-state index in [4.69, 9.17) is 23.2 Å². The van der Waals surface area contributed by atoms with Crippen LogP contribution in [0.5, 0.6) is 0 Å². The molecule has 1 amide bonds. The van der Waals surface area contributed by atoms with Crippen LogP contribution in [0.1, 0.15) is 27.2 Å². The second-order valence-electron chi connectivity index (χ2n) is 5.51. The summed E-state index contributed by atoms with van der Waals surface area (Å²) in [5.74, 6) is -0.328. The Labute approximate surface area is 160 Å². The van der Waals surface area contributed by atoms with Crippen LogP contribution in [-0.4, -0.2) is 26.9 Å². The zero-order valence-corrected chi connectivity index (χ0v) is 15.4. The van der Waals surface area contributed by atoms with Crippen molar-refractivity contribution in [2.75, 3.05) is 0 Å². The van der Waals surface area contributed by atoms with Crippen LogP contribution in [-0.2, 0) is 6.54 Å². The largest absolute Gasteiger partial charge is 0.271 e. The summed E-state index contributed by atoms with van der Waals surface area (Å²) in [7, 11) is 0. The van der Waals surface area contributed by atoms with Crippen molar-refractivity contribution < 1.29 is 4.79 Å². The van der Waals surface area contributed by atoms with E-state index >= 15 is 0 Å². The number of aryl methyl sites for hydroxylation is 1. The predicted molar refractivity (Wildman–Crippen MR) is 102 cm³/mol. The van der Waals surface area contributed by atoms with Gasteiger partial charge in [-0.3, -0.25) is 9.78 Å². The van der Waals surface area contributed by atoms with Crippen LogP contribution >= 0.6 is 23.2 Å². The van der Waals surface area contributed by atoms with Crippen molar-refractivity contribution >= 4 is 35.3 Å². The van der Waals surface area contributed by atoms with Crippen LogP contribution < -0.4 is 5.43 Å². The normalized spacial score (nSPS) is 11.0. The minimum Gasteiger partial charge on any atom is -0.267 e. The predicted octanol–water partition coefficient (Wildman–Crippen LogP) is 3.71. The Hall–Kier alpha value is -2.70. The van der Waals surface area contributed by atoms with Gasteiger partial charge in [0, 0.05) is 23.0 Å². The van der Waals surface area contributed by atoms with E-state index in [1.165, 1.54) is 6.21 Å². The standard InChI is InChI=1S/C18H15Cl2N5O/c1-12-16(10-22-23-18(26)14-6-8-21-9-7-14)17(20)25(24-12)11-13-2-4-15(19)5-3-13/h2-10H,11H2,1H3,(H,23,26). The first-order valence-electron chi connectivity index (χ1n) is 7.75. The third-order valence-corrected chi connectivity index (χ3v) is 4.31. The molecule has 0 fully saturated rings. The van der Waals surface area contributed by atoms with Gasteiger partial charge in [-0.25, -0.2) is 10.1 Å². The number of pyridine rings is 1. The summed E-state index contributed by atoms with van der Waals surface area (Å²) < 4.78 is 1.67. The Bertz CT molecular complexity index is 936. The van der Waals surface area contributed by atoms with Crippen LogP contribution in [0.4, 0.5) is 0 Å². The molecule has 8 heteroatoms. The fourth-order valence-corrected chi connectivity index (χ4v) is 2.71. The number of carbonyl (C=O) groups excluding carboxylic acids is 1. The van der Waals surface area contributed by atoms with Crippen LogP contribution in [0.15, 0.2) is 53.9 Å². The first-order valence-corrected chi connectivity index (χ1v) is 8.51. The molecule has 1 N–H and O–H groups in total. The van der Waals surface area contributed by atoms with Crippen molar-refractivity contribution in [3.05, 3.63) is 81.4 Å². The topological polar surface area (TPSA) is 72.2 Å². The monoisotopic (exact) mass is 387 g/mol. The lowest BCUT2D eigenvalue weighted by Gasteiger charge is -2.03. The molecular formula is C18H15Cl2N5O. The molecule has 0 spiro atoms. The molecule has 0 aliphatic rings. The van der Waals surface area contributed by atoms with Gasteiger partial charge in [-0.2, -0.15) is 10.2 Å². The third-order valence-electron chi connectivity index (χ3n) is 3.66. The van der Waals surface area contributed by atoms with Gasteiger partial charge in [0.05, 0.1) is 24.0 Å².